The Kier molecular flexibility index (Phi) is 6.50. The molecular formula is C19H23FN2O3S. The lowest BCUT2D eigenvalue weighted by atomic mass is 10.1. The summed E-state index contributed by atoms with van der Waals surface area (Å²) in [6.45, 7) is 6.12. The molecule has 0 aliphatic heterocycles. The summed E-state index contributed by atoms with van der Waals surface area (Å²) in [4.78, 5) is 14.4. The lowest BCUT2D eigenvalue weighted by Crippen LogP contribution is -2.43. The van der Waals surface area contributed by atoms with E-state index in [0.717, 1.165) is 12.1 Å². The van der Waals surface area contributed by atoms with Gasteiger partial charge in [-0.05, 0) is 50.1 Å². The van der Waals surface area contributed by atoms with Crippen molar-refractivity contribution >= 4 is 15.9 Å². The van der Waals surface area contributed by atoms with Crippen LogP contribution >= 0.6 is 0 Å². The fourth-order valence-electron chi connectivity index (χ4n) is 2.76. The van der Waals surface area contributed by atoms with Crippen molar-refractivity contribution in [2.45, 2.75) is 31.7 Å². The van der Waals surface area contributed by atoms with E-state index in [1.807, 2.05) is 13.8 Å². The third-order valence-corrected chi connectivity index (χ3v) is 5.74. The molecule has 140 valence electrons. The number of aryl methyl sites for hydroxylation is 1. The van der Waals surface area contributed by atoms with Gasteiger partial charge in [0.05, 0.1) is 4.90 Å². The van der Waals surface area contributed by atoms with Gasteiger partial charge in [-0.3, -0.25) is 4.79 Å². The summed E-state index contributed by atoms with van der Waals surface area (Å²) in [7, 11) is -4.01. The van der Waals surface area contributed by atoms with Crippen LogP contribution in [0.15, 0.2) is 53.4 Å². The molecule has 7 heteroatoms. The van der Waals surface area contributed by atoms with Gasteiger partial charge in [-0.25, -0.2) is 12.8 Å². The van der Waals surface area contributed by atoms with Gasteiger partial charge in [-0.15, -0.1) is 0 Å². The maximum atomic E-state index is 13.3. The number of amides is 1. The molecule has 26 heavy (non-hydrogen) atoms. The molecule has 2 rings (SSSR count). The highest BCUT2D eigenvalue weighted by Gasteiger charge is 2.30. The molecule has 1 atom stereocenters. The van der Waals surface area contributed by atoms with Crippen LogP contribution in [0.25, 0.3) is 0 Å². The van der Waals surface area contributed by atoms with Crippen molar-refractivity contribution in [2.75, 3.05) is 13.1 Å². The summed E-state index contributed by atoms with van der Waals surface area (Å²) in [5.41, 5.74) is 0.826. The number of carbonyl (C=O) groups excluding carboxylic acids is 1. The highest BCUT2D eigenvalue weighted by atomic mass is 32.2. The first kappa shape index (κ1) is 20.1. The number of sulfonamides is 1. The van der Waals surface area contributed by atoms with E-state index >= 15 is 0 Å². The number of hydrogen-bond acceptors (Lipinski definition) is 3. The number of halogens is 1. The number of hydrogen-bond donors (Lipinski definition) is 1. The van der Waals surface area contributed by atoms with Crippen LogP contribution in [-0.2, 0) is 14.8 Å². The molecule has 0 saturated carbocycles. The molecule has 2 aromatic rings. The number of carbonyl (C=O) groups is 1. The molecule has 0 saturated heterocycles. The molecule has 0 unspecified atom stereocenters. The van der Waals surface area contributed by atoms with Gasteiger partial charge in [0, 0.05) is 13.1 Å². The molecule has 0 bridgehead atoms. The normalized spacial score (nSPS) is 12.6. The van der Waals surface area contributed by atoms with Crippen LogP contribution in [0.3, 0.4) is 0 Å². The van der Waals surface area contributed by atoms with Crippen molar-refractivity contribution in [3.8, 4) is 0 Å². The predicted octanol–water partition coefficient (Wildman–Crippen LogP) is 3.02. The Balaban J connectivity index is 2.44. The van der Waals surface area contributed by atoms with Gasteiger partial charge in [0.15, 0.2) is 0 Å². The Hall–Kier alpha value is -2.25. The summed E-state index contributed by atoms with van der Waals surface area (Å²) >= 11 is 0. The Morgan fingerprint density at radius 1 is 1.12 bits per heavy atom. The van der Waals surface area contributed by atoms with Crippen LogP contribution < -0.4 is 4.72 Å². The fourth-order valence-corrected chi connectivity index (χ4v) is 4.16. The zero-order valence-electron chi connectivity index (χ0n) is 15.1. The molecule has 2 aromatic carbocycles. The molecular weight excluding hydrogens is 355 g/mol. The van der Waals surface area contributed by atoms with E-state index in [4.69, 9.17) is 0 Å². The minimum atomic E-state index is -4.01. The molecule has 0 spiro atoms. The van der Waals surface area contributed by atoms with Crippen LogP contribution in [0, 0.1) is 12.7 Å². The Labute approximate surface area is 153 Å². The molecule has 0 heterocycles. The molecule has 0 radical (unpaired) electrons. The monoisotopic (exact) mass is 378 g/mol. The van der Waals surface area contributed by atoms with Gasteiger partial charge in [0.2, 0.25) is 15.9 Å². The van der Waals surface area contributed by atoms with Crippen molar-refractivity contribution in [1.82, 2.24) is 9.62 Å². The minimum absolute atomic E-state index is 0.0489. The van der Waals surface area contributed by atoms with Gasteiger partial charge < -0.3 is 4.90 Å². The molecule has 0 aromatic heterocycles. The maximum absolute atomic E-state index is 13.3. The largest absolute Gasteiger partial charge is 0.342 e. The Morgan fingerprint density at radius 2 is 1.73 bits per heavy atom. The maximum Gasteiger partial charge on any atom is 0.245 e. The van der Waals surface area contributed by atoms with Gasteiger partial charge in [0.1, 0.15) is 11.9 Å². The van der Waals surface area contributed by atoms with Crippen molar-refractivity contribution < 1.29 is 17.6 Å². The van der Waals surface area contributed by atoms with Crippen LogP contribution in [-0.4, -0.2) is 32.3 Å². The predicted molar refractivity (Wildman–Crippen MR) is 98.6 cm³/mol. The van der Waals surface area contributed by atoms with Gasteiger partial charge in [-0.2, -0.15) is 4.72 Å². The Morgan fingerprint density at radius 3 is 2.27 bits per heavy atom. The highest BCUT2D eigenvalue weighted by molar-refractivity contribution is 7.89. The first-order valence-electron chi connectivity index (χ1n) is 8.42. The first-order valence-corrected chi connectivity index (χ1v) is 9.90. The zero-order chi connectivity index (χ0) is 19.3. The van der Waals surface area contributed by atoms with E-state index in [1.54, 1.807) is 35.2 Å². The first-order chi connectivity index (χ1) is 12.3. The van der Waals surface area contributed by atoms with Gasteiger partial charge in [0.25, 0.3) is 0 Å². The highest BCUT2D eigenvalue weighted by Crippen LogP contribution is 2.22. The lowest BCUT2D eigenvalue weighted by molar-refractivity contribution is -0.132. The topological polar surface area (TPSA) is 66.5 Å². The molecule has 1 amide bonds. The van der Waals surface area contributed by atoms with E-state index in [0.29, 0.717) is 18.7 Å². The quantitative estimate of drug-likeness (QED) is 0.805. The van der Waals surface area contributed by atoms with E-state index in [9.17, 15) is 17.6 Å². The second-order valence-corrected chi connectivity index (χ2v) is 7.57. The van der Waals surface area contributed by atoms with Crippen LogP contribution in [0.4, 0.5) is 4.39 Å². The lowest BCUT2D eigenvalue weighted by Gasteiger charge is -2.26. The number of nitrogens with one attached hydrogen (secondary N) is 1. The molecule has 5 nitrogen and oxygen atoms in total. The summed E-state index contributed by atoms with van der Waals surface area (Å²) in [5.74, 6) is -0.843. The fraction of sp³-hybridized carbons (Fsp3) is 0.316. The van der Waals surface area contributed by atoms with Crippen LogP contribution in [0.5, 0.6) is 0 Å². The second-order valence-electron chi connectivity index (χ2n) is 5.89. The summed E-state index contributed by atoms with van der Waals surface area (Å²) in [6.07, 6.45) is 0. The van der Waals surface area contributed by atoms with Crippen LogP contribution in [0.2, 0.25) is 0 Å². The van der Waals surface area contributed by atoms with Crippen molar-refractivity contribution in [2.24, 2.45) is 0 Å². The number of rotatable bonds is 7. The van der Waals surface area contributed by atoms with E-state index in [-0.39, 0.29) is 16.4 Å². The van der Waals surface area contributed by atoms with Crippen LogP contribution in [0.1, 0.15) is 31.0 Å². The van der Waals surface area contributed by atoms with Gasteiger partial charge >= 0.3 is 0 Å². The smallest absolute Gasteiger partial charge is 0.245 e. The molecule has 0 aliphatic carbocycles. The number of nitrogens with zero attached hydrogens (tertiary/aromatic N) is 1. The van der Waals surface area contributed by atoms with Crippen molar-refractivity contribution in [1.29, 1.82) is 0 Å². The third kappa shape index (κ3) is 4.47. The SMILES string of the molecule is CCN(CC)C(=O)[C@@H](NS(=O)(=O)c1ccc(F)cc1C)c1ccccc1. The Bertz CT molecular complexity index is 866. The van der Waals surface area contributed by atoms with E-state index in [2.05, 4.69) is 4.72 Å². The molecule has 0 aliphatic rings. The summed E-state index contributed by atoms with van der Waals surface area (Å²) in [5, 5.41) is 0. The zero-order valence-corrected chi connectivity index (χ0v) is 15.9. The van der Waals surface area contributed by atoms with E-state index < -0.39 is 21.9 Å². The van der Waals surface area contributed by atoms with Gasteiger partial charge in [-0.1, -0.05) is 30.3 Å². The summed E-state index contributed by atoms with van der Waals surface area (Å²) in [6, 6.07) is 11.1. The molecule has 0 fully saturated rings. The second kappa shape index (κ2) is 8.42. The van der Waals surface area contributed by atoms with E-state index in [1.165, 1.54) is 13.0 Å². The third-order valence-electron chi connectivity index (χ3n) is 4.15. The number of likely N-dealkylation sites (N-methyl/N-ethyl adjacent to an activating group) is 1. The number of benzene rings is 2. The average Bonchev–Trinajstić information content (AvgIpc) is 2.61. The standard InChI is InChI=1S/C19H23FN2O3S/c1-4-22(5-2)19(23)18(15-9-7-6-8-10-15)21-26(24,25)17-12-11-16(20)13-14(17)3/h6-13,18,21H,4-5H2,1-3H3/t18-/m0/s1. The summed E-state index contributed by atoms with van der Waals surface area (Å²) < 4.78 is 41.5. The van der Waals surface area contributed by atoms with Crippen molar-refractivity contribution in [3.63, 3.8) is 0 Å². The minimum Gasteiger partial charge on any atom is -0.342 e. The van der Waals surface area contributed by atoms with Crippen molar-refractivity contribution in [3.05, 3.63) is 65.5 Å². The average molecular weight is 378 g/mol. The molecule has 1 N–H and O–H groups in total.